The van der Waals surface area contributed by atoms with Crippen molar-refractivity contribution in [3.8, 4) is 0 Å². The smallest absolute Gasteiger partial charge is 0.138 e. The Morgan fingerprint density at radius 3 is 2.50 bits per heavy atom. The zero-order valence-electron chi connectivity index (χ0n) is 12.7. The number of hydrogen-bond donors (Lipinski definition) is 2. The lowest BCUT2D eigenvalue weighted by molar-refractivity contribution is 0.0566. The van der Waals surface area contributed by atoms with E-state index >= 15 is 0 Å². The van der Waals surface area contributed by atoms with Crippen LogP contribution >= 0.6 is 11.6 Å². The Balaban J connectivity index is 2.12. The van der Waals surface area contributed by atoms with Crippen LogP contribution in [0, 0.1) is 18.3 Å². The maximum Gasteiger partial charge on any atom is 0.138 e. The second kappa shape index (κ2) is 5.86. The van der Waals surface area contributed by atoms with Gasteiger partial charge in [-0.25, -0.2) is 9.97 Å². The lowest BCUT2D eigenvalue weighted by atomic mass is 9.90. The van der Waals surface area contributed by atoms with Crippen LogP contribution in [0.1, 0.15) is 45.0 Å². The van der Waals surface area contributed by atoms with Gasteiger partial charge in [-0.05, 0) is 32.1 Å². The third-order valence-electron chi connectivity index (χ3n) is 4.18. The standard InChI is InChI=1S/C15H24ClN3O/c1-5-11-13(16)18-10(4)19-14(11)17-8-15(6-7-15)12(20)9(2)3/h9,12,20H,5-8H2,1-4H3,(H,17,18,19). The highest BCUT2D eigenvalue weighted by Gasteiger charge is 2.49. The van der Waals surface area contributed by atoms with Crippen LogP contribution in [0.15, 0.2) is 0 Å². The molecule has 20 heavy (non-hydrogen) atoms. The van der Waals surface area contributed by atoms with Gasteiger partial charge in [-0.3, -0.25) is 0 Å². The molecule has 4 nitrogen and oxygen atoms in total. The molecule has 0 spiro atoms. The first kappa shape index (κ1) is 15.5. The molecule has 1 aliphatic rings. The van der Waals surface area contributed by atoms with Crippen molar-refractivity contribution in [2.45, 2.75) is 53.1 Å². The van der Waals surface area contributed by atoms with Gasteiger partial charge in [0.05, 0.1) is 6.10 Å². The van der Waals surface area contributed by atoms with Crippen LogP contribution in [0.3, 0.4) is 0 Å². The predicted octanol–water partition coefficient (Wildman–Crippen LogP) is 3.21. The zero-order valence-corrected chi connectivity index (χ0v) is 13.5. The molecule has 1 aromatic heterocycles. The molecule has 1 saturated carbocycles. The summed E-state index contributed by atoms with van der Waals surface area (Å²) in [5.41, 5.74) is 0.955. The molecule has 1 aromatic rings. The fourth-order valence-electron chi connectivity index (χ4n) is 2.73. The molecule has 2 N–H and O–H groups in total. The molecule has 0 radical (unpaired) electrons. The third-order valence-corrected chi connectivity index (χ3v) is 4.49. The number of nitrogens with one attached hydrogen (secondary N) is 1. The number of halogens is 1. The van der Waals surface area contributed by atoms with Gasteiger partial charge in [0.2, 0.25) is 0 Å². The van der Waals surface area contributed by atoms with E-state index < -0.39 is 0 Å². The van der Waals surface area contributed by atoms with E-state index in [1.807, 2.05) is 13.8 Å². The molecule has 5 heteroatoms. The summed E-state index contributed by atoms with van der Waals surface area (Å²) in [7, 11) is 0. The Kier molecular flexibility index (Phi) is 4.55. The molecular formula is C15H24ClN3O. The summed E-state index contributed by atoms with van der Waals surface area (Å²) in [6, 6.07) is 0. The van der Waals surface area contributed by atoms with E-state index in [1.54, 1.807) is 0 Å². The highest BCUT2D eigenvalue weighted by Crippen LogP contribution is 2.50. The number of aromatic nitrogens is 2. The van der Waals surface area contributed by atoms with E-state index in [2.05, 4.69) is 29.1 Å². The minimum atomic E-state index is -0.265. The first-order valence-electron chi connectivity index (χ1n) is 7.34. The number of anilines is 1. The fourth-order valence-corrected chi connectivity index (χ4v) is 3.07. The Bertz CT molecular complexity index is 486. The zero-order chi connectivity index (χ0) is 14.9. The molecule has 0 bridgehead atoms. The van der Waals surface area contributed by atoms with Crippen molar-refractivity contribution in [1.82, 2.24) is 9.97 Å². The summed E-state index contributed by atoms with van der Waals surface area (Å²) in [6.07, 6.45) is 2.66. The van der Waals surface area contributed by atoms with Crippen LogP contribution in [0.4, 0.5) is 5.82 Å². The molecule has 0 amide bonds. The van der Waals surface area contributed by atoms with Gasteiger partial charge in [0, 0.05) is 17.5 Å². The first-order valence-corrected chi connectivity index (χ1v) is 7.72. The van der Waals surface area contributed by atoms with Crippen LogP contribution in [0.25, 0.3) is 0 Å². The summed E-state index contributed by atoms with van der Waals surface area (Å²) in [5, 5.41) is 14.2. The van der Waals surface area contributed by atoms with Gasteiger partial charge in [0.15, 0.2) is 0 Å². The Hall–Kier alpha value is -0.870. The summed E-state index contributed by atoms with van der Waals surface area (Å²) < 4.78 is 0. The molecule has 1 heterocycles. The monoisotopic (exact) mass is 297 g/mol. The number of aliphatic hydroxyl groups excluding tert-OH is 1. The maximum atomic E-state index is 10.3. The van der Waals surface area contributed by atoms with Gasteiger partial charge in [-0.15, -0.1) is 0 Å². The molecule has 2 rings (SSSR count). The SMILES string of the molecule is CCc1c(Cl)nc(C)nc1NCC1(C(O)C(C)C)CC1. The predicted molar refractivity (Wildman–Crippen MR) is 82.2 cm³/mol. The Labute approximate surface area is 126 Å². The Morgan fingerprint density at radius 1 is 1.35 bits per heavy atom. The first-order chi connectivity index (χ1) is 9.39. The van der Waals surface area contributed by atoms with Crippen LogP contribution in [-0.4, -0.2) is 27.7 Å². The van der Waals surface area contributed by atoms with Crippen molar-refractivity contribution in [3.63, 3.8) is 0 Å². The highest BCUT2D eigenvalue weighted by atomic mass is 35.5. The molecule has 112 valence electrons. The van der Waals surface area contributed by atoms with Gasteiger partial charge in [0.1, 0.15) is 16.8 Å². The molecular weight excluding hydrogens is 274 g/mol. The average molecular weight is 298 g/mol. The lowest BCUT2D eigenvalue weighted by Crippen LogP contribution is -2.33. The van der Waals surface area contributed by atoms with E-state index in [1.165, 1.54) is 0 Å². The molecule has 1 aliphatic carbocycles. The van der Waals surface area contributed by atoms with Crippen LogP contribution in [0.5, 0.6) is 0 Å². The highest BCUT2D eigenvalue weighted by molar-refractivity contribution is 6.30. The van der Waals surface area contributed by atoms with Crippen LogP contribution in [-0.2, 0) is 6.42 Å². The number of aliphatic hydroxyl groups is 1. The van der Waals surface area contributed by atoms with Gasteiger partial charge in [-0.1, -0.05) is 32.4 Å². The van der Waals surface area contributed by atoms with Gasteiger partial charge in [0.25, 0.3) is 0 Å². The maximum absolute atomic E-state index is 10.3. The summed E-state index contributed by atoms with van der Waals surface area (Å²) in [6.45, 7) is 8.75. The van der Waals surface area contributed by atoms with Gasteiger partial charge in [-0.2, -0.15) is 0 Å². The molecule has 0 aliphatic heterocycles. The number of rotatable bonds is 6. The van der Waals surface area contributed by atoms with Crippen LogP contribution in [0.2, 0.25) is 5.15 Å². The third kappa shape index (κ3) is 3.07. The fraction of sp³-hybridized carbons (Fsp3) is 0.733. The number of hydrogen-bond acceptors (Lipinski definition) is 4. The second-order valence-electron chi connectivity index (χ2n) is 6.15. The Morgan fingerprint density at radius 2 is 2.00 bits per heavy atom. The van der Waals surface area contributed by atoms with Crippen molar-refractivity contribution < 1.29 is 5.11 Å². The topological polar surface area (TPSA) is 58.0 Å². The normalized spacial score (nSPS) is 18.1. The number of aryl methyl sites for hydroxylation is 1. The van der Waals surface area contributed by atoms with Gasteiger partial charge < -0.3 is 10.4 Å². The van der Waals surface area contributed by atoms with E-state index in [9.17, 15) is 5.11 Å². The van der Waals surface area contributed by atoms with Crippen molar-refractivity contribution in [3.05, 3.63) is 16.5 Å². The molecule has 1 unspecified atom stereocenters. The van der Waals surface area contributed by atoms with E-state index in [-0.39, 0.29) is 17.4 Å². The lowest BCUT2D eigenvalue weighted by Gasteiger charge is -2.26. The van der Waals surface area contributed by atoms with E-state index in [0.29, 0.717) is 11.0 Å². The van der Waals surface area contributed by atoms with Crippen molar-refractivity contribution in [2.24, 2.45) is 11.3 Å². The van der Waals surface area contributed by atoms with Crippen LogP contribution < -0.4 is 5.32 Å². The van der Waals surface area contributed by atoms with Crippen molar-refractivity contribution in [2.75, 3.05) is 11.9 Å². The molecule has 1 fully saturated rings. The minimum absolute atomic E-state index is 0.00447. The largest absolute Gasteiger partial charge is 0.392 e. The molecule has 0 aromatic carbocycles. The molecule has 1 atom stereocenters. The quantitative estimate of drug-likeness (QED) is 0.792. The molecule has 0 saturated heterocycles. The van der Waals surface area contributed by atoms with E-state index in [4.69, 9.17) is 11.6 Å². The average Bonchev–Trinajstić information content (AvgIpc) is 3.16. The summed E-state index contributed by atoms with van der Waals surface area (Å²) >= 11 is 6.17. The van der Waals surface area contributed by atoms with Crippen molar-refractivity contribution in [1.29, 1.82) is 0 Å². The minimum Gasteiger partial charge on any atom is -0.392 e. The van der Waals surface area contributed by atoms with Crippen molar-refractivity contribution >= 4 is 17.4 Å². The van der Waals surface area contributed by atoms with Gasteiger partial charge >= 0.3 is 0 Å². The van der Waals surface area contributed by atoms with E-state index in [0.717, 1.165) is 37.2 Å². The second-order valence-corrected chi connectivity index (χ2v) is 6.51. The summed E-state index contributed by atoms with van der Waals surface area (Å²) in [4.78, 5) is 8.64. The number of nitrogens with zero attached hydrogens (tertiary/aromatic N) is 2. The summed E-state index contributed by atoms with van der Waals surface area (Å²) in [5.74, 6) is 1.76.